The summed E-state index contributed by atoms with van der Waals surface area (Å²) in [6.07, 6.45) is 12.1. The molecule has 1 fully saturated rings. The van der Waals surface area contributed by atoms with Crippen LogP contribution in [0.3, 0.4) is 0 Å². The van der Waals surface area contributed by atoms with Crippen molar-refractivity contribution in [3.8, 4) is 11.3 Å². The van der Waals surface area contributed by atoms with Gasteiger partial charge in [0.05, 0.1) is 17.5 Å². The quantitative estimate of drug-likeness (QED) is 0.410. The van der Waals surface area contributed by atoms with Crippen LogP contribution >= 0.6 is 0 Å². The summed E-state index contributed by atoms with van der Waals surface area (Å²) in [6, 6.07) is 14.9. The van der Waals surface area contributed by atoms with Gasteiger partial charge in [-0.2, -0.15) is 0 Å². The molecule has 0 spiro atoms. The minimum atomic E-state index is -0.245. The molecule has 3 aromatic heterocycles. The van der Waals surface area contributed by atoms with Crippen LogP contribution in [-0.2, 0) is 23.1 Å². The van der Waals surface area contributed by atoms with E-state index in [-0.39, 0.29) is 11.2 Å². The number of fused-ring (bicyclic) bond motifs is 4. The first-order chi connectivity index (χ1) is 16.1. The lowest BCUT2D eigenvalue weighted by atomic mass is 9.59. The number of hydrogen-bond donors (Lipinski definition) is 0. The zero-order chi connectivity index (χ0) is 22.4. The molecule has 5 heteroatoms. The predicted molar refractivity (Wildman–Crippen MR) is 125 cm³/mol. The number of carbonyl (C=O) groups is 1. The molecule has 1 aromatic carbocycles. The van der Waals surface area contributed by atoms with Crippen LogP contribution in [0.25, 0.3) is 16.8 Å². The molecule has 2 atom stereocenters. The minimum Gasteiger partial charge on any atom is -0.305 e. The fourth-order valence-electron chi connectivity index (χ4n) is 6.13. The van der Waals surface area contributed by atoms with Crippen LogP contribution in [-0.4, -0.2) is 20.2 Å². The molecule has 166 valence electrons. The van der Waals surface area contributed by atoms with Gasteiger partial charge in [0, 0.05) is 41.9 Å². The molecular weight excluding hydrogens is 413 g/mol. The number of halogens is 1. The van der Waals surface area contributed by atoms with Crippen molar-refractivity contribution in [3.05, 3.63) is 89.9 Å². The Bertz CT molecular complexity index is 1330. The van der Waals surface area contributed by atoms with Crippen LogP contribution in [0.15, 0.2) is 67.3 Å². The lowest BCUT2D eigenvalue weighted by molar-refractivity contribution is -0.123. The zero-order valence-corrected chi connectivity index (χ0v) is 18.5. The van der Waals surface area contributed by atoms with E-state index in [0.29, 0.717) is 24.5 Å². The number of Topliss-reactive ketones (excluding diaryl/α,β-unsaturated/α-hetero) is 1. The highest BCUT2D eigenvalue weighted by atomic mass is 19.1. The van der Waals surface area contributed by atoms with Crippen LogP contribution in [0.4, 0.5) is 4.39 Å². The van der Waals surface area contributed by atoms with Gasteiger partial charge in [0.25, 0.3) is 0 Å². The van der Waals surface area contributed by atoms with Crippen molar-refractivity contribution in [2.45, 2.75) is 50.4 Å². The van der Waals surface area contributed by atoms with Gasteiger partial charge in [-0.25, -0.2) is 9.37 Å². The summed E-state index contributed by atoms with van der Waals surface area (Å²) in [4.78, 5) is 21.8. The Balaban J connectivity index is 1.52. The van der Waals surface area contributed by atoms with Gasteiger partial charge in [0.1, 0.15) is 11.6 Å². The number of benzene rings is 1. The maximum Gasteiger partial charge on any atom is 0.133 e. The maximum absolute atomic E-state index is 13.5. The van der Waals surface area contributed by atoms with Crippen molar-refractivity contribution >= 4 is 11.3 Å². The molecular formula is C28H26FN3O. The molecule has 4 nitrogen and oxygen atoms in total. The molecule has 0 radical (unpaired) electrons. The molecule has 1 saturated carbocycles. The molecule has 2 aliphatic rings. The largest absolute Gasteiger partial charge is 0.305 e. The van der Waals surface area contributed by atoms with Crippen LogP contribution < -0.4 is 0 Å². The van der Waals surface area contributed by atoms with Gasteiger partial charge in [0.15, 0.2) is 0 Å². The number of pyridine rings is 2. The summed E-state index contributed by atoms with van der Waals surface area (Å²) in [5, 5.41) is 0. The van der Waals surface area contributed by atoms with Crippen molar-refractivity contribution in [1.29, 1.82) is 0 Å². The highest BCUT2D eigenvalue weighted by Gasteiger charge is 2.47. The average molecular weight is 440 g/mol. The predicted octanol–water partition coefficient (Wildman–Crippen LogP) is 5.72. The monoisotopic (exact) mass is 439 g/mol. The molecule has 0 amide bonds. The van der Waals surface area contributed by atoms with Crippen molar-refractivity contribution in [1.82, 2.24) is 14.4 Å². The van der Waals surface area contributed by atoms with E-state index < -0.39 is 0 Å². The van der Waals surface area contributed by atoms with Crippen LogP contribution in [0.5, 0.6) is 0 Å². The first-order valence-corrected chi connectivity index (χ1v) is 11.8. The van der Waals surface area contributed by atoms with Crippen LogP contribution in [0.1, 0.15) is 48.9 Å². The Morgan fingerprint density at radius 1 is 1.09 bits per heavy atom. The average Bonchev–Trinajstić information content (AvgIpc) is 3.18. The third-order valence-electron chi connectivity index (χ3n) is 7.74. The van der Waals surface area contributed by atoms with Crippen molar-refractivity contribution in [3.63, 3.8) is 0 Å². The van der Waals surface area contributed by atoms with Gasteiger partial charge < -0.3 is 4.40 Å². The molecule has 0 saturated heterocycles. The molecule has 0 unspecified atom stereocenters. The van der Waals surface area contributed by atoms with E-state index in [1.54, 1.807) is 12.1 Å². The normalized spacial score (nSPS) is 22.6. The van der Waals surface area contributed by atoms with E-state index in [1.165, 1.54) is 23.3 Å². The third-order valence-corrected chi connectivity index (χ3v) is 7.74. The maximum atomic E-state index is 13.5. The summed E-state index contributed by atoms with van der Waals surface area (Å²) in [5.41, 5.74) is 6.51. The molecule has 6 rings (SSSR count). The Labute approximate surface area is 192 Å². The summed E-state index contributed by atoms with van der Waals surface area (Å²) < 4.78 is 15.6. The fourth-order valence-corrected chi connectivity index (χ4v) is 6.13. The SMILES string of the molecule is O=C1CC[C@]2(Cc3ccccn3)c3cn4cnc(-c5ccc(F)cc5)c4cc3CCC[C@@H]2C1. The lowest BCUT2D eigenvalue weighted by Crippen LogP contribution is -2.43. The summed E-state index contributed by atoms with van der Waals surface area (Å²) >= 11 is 0. The number of rotatable bonds is 3. The van der Waals surface area contributed by atoms with E-state index in [9.17, 15) is 9.18 Å². The van der Waals surface area contributed by atoms with Crippen molar-refractivity contribution < 1.29 is 9.18 Å². The second-order valence-corrected chi connectivity index (χ2v) is 9.59. The van der Waals surface area contributed by atoms with Gasteiger partial charge in [0.2, 0.25) is 0 Å². The summed E-state index contributed by atoms with van der Waals surface area (Å²) in [7, 11) is 0. The standard InChI is InChI=1S/C28H26FN3O/c29-22-9-7-19(8-10-22)27-26-14-20-4-3-5-21-15-24(33)11-12-28(21,16-23-6-1-2-13-30-23)25(20)17-32(26)18-31-27/h1-2,6-10,13-14,17-18,21H,3-5,11-12,15-16H2/t21-,28-/m1/s1. The number of aromatic nitrogens is 3. The molecule has 0 aliphatic heterocycles. The number of imidazole rings is 1. The van der Waals surface area contributed by atoms with E-state index in [1.807, 2.05) is 24.7 Å². The molecule has 3 heterocycles. The molecule has 33 heavy (non-hydrogen) atoms. The summed E-state index contributed by atoms with van der Waals surface area (Å²) in [5.74, 6) is 0.479. The highest BCUT2D eigenvalue weighted by molar-refractivity contribution is 5.81. The second-order valence-electron chi connectivity index (χ2n) is 9.59. The minimum absolute atomic E-state index is 0.0946. The Kier molecular flexibility index (Phi) is 4.86. The zero-order valence-electron chi connectivity index (χ0n) is 18.5. The molecule has 0 bridgehead atoms. The van der Waals surface area contributed by atoms with Crippen LogP contribution in [0.2, 0.25) is 0 Å². The van der Waals surface area contributed by atoms with Gasteiger partial charge in [-0.15, -0.1) is 0 Å². The first kappa shape index (κ1) is 20.3. The molecule has 4 aromatic rings. The van der Waals surface area contributed by atoms with Crippen LogP contribution in [0, 0.1) is 11.7 Å². The fraction of sp³-hybridized carbons (Fsp3) is 0.321. The number of nitrogens with zero attached hydrogens (tertiary/aromatic N) is 3. The van der Waals surface area contributed by atoms with Gasteiger partial charge in [-0.1, -0.05) is 6.07 Å². The molecule has 0 N–H and O–H groups in total. The Hall–Kier alpha value is -3.34. The number of aryl methyl sites for hydroxylation is 1. The smallest absolute Gasteiger partial charge is 0.133 e. The number of ketones is 1. The van der Waals surface area contributed by atoms with E-state index >= 15 is 0 Å². The van der Waals surface area contributed by atoms with E-state index in [4.69, 9.17) is 0 Å². The van der Waals surface area contributed by atoms with Gasteiger partial charge in [-0.3, -0.25) is 9.78 Å². The van der Waals surface area contributed by atoms with Crippen molar-refractivity contribution in [2.75, 3.05) is 0 Å². The first-order valence-electron chi connectivity index (χ1n) is 11.8. The topological polar surface area (TPSA) is 47.3 Å². The van der Waals surface area contributed by atoms with Gasteiger partial charge >= 0.3 is 0 Å². The van der Waals surface area contributed by atoms with E-state index in [2.05, 4.69) is 32.7 Å². The Morgan fingerprint density at radius 2 is 1.97 bits per heavy atom. The second kappa shape index (κ2) is 7.91. The summed E-state index contributed by atoms with van der Waals surface area (Å²) in [6.45, 7) is 0. The highest BCUT2D eigenvalue weighted by Crippen LogP contribution is 2.50. The number of hydrogen-bond acceptors (Lipinski definition) is 3. The number of carbonyl (C=O) groups excluding carboxylic acids is 1. The molecule has 2 aliphatic carbocycles. The van der Waals surface area contributed by atoms with Crippen molar-refractivity contribution in [2.24, 2.45) is 5.92 Å². The Morgan fingerprint density at radius 3 is 2.79 bits per heavy atom. The van der Waals surface area contributed by atoms with Gasteiger partial charge in [-0.05, 0) is 91.6 Å². The third kappa shape index (κ3) is 3.47. The lowest BCUT2D eigenvalue weighted by Gasteiger charge is -2.44. The van der Waals surface area contributed by atoms with E-state index in [0.717, 1.165) is 54.6 Å².